The number of ether oxygens (including phenoxy) is 1. The van der Waals surface area contributed by atoms with E-state index in [-0.39, 0.29) is 5.56 Å². The van der Waals surface area contributed by atoms with E-state index in [1.165, 1.54) is 10.8 Å². The normalized spacial score (nSPS) is 13.6. The summed E-state index contributed by atoms with van der Waals surface area (Å²) in [4.78, 5) is 32.1. The molecule has 0 saturated heterocycles. The van der Waals surface area contributed by atoms with Crippen molar-refractivity contribution in [3.05, 3.63) is 63.6 Å². The number of anilines is 3. The van der Waals surface area contributed by atoms with Crippen LogP contribution in [0.1, 0.15) is 16.7 Å². The highest BCUT2D eigenvalue weighted by Gasteiger charge is 2.27. The minimum absolute atomic E-state index is 0.150. The van der Waals surface area contributed by atoms with Gasteiger partial charge in [0.05, 0.1) is 34.2 Å². The summed E-state index contributed by atoms with van der Waals surface area (Å²) in [5, 5.41) is 19.9. The Bertz CT molecular complexity index is 1560. The molecular formula is C27H28N6O4. The Morgan fingerprint density at radius 1 is 1.19 bits per heavy atom. The molecule has 190 valence electrons. The summed E-state index contributed by atoms with van der Waals surface area (Å²) in [6, 6.07) is 11.3. The minimum Gasteiger partial charge on any atom is -0.482 e. The Hall–Kier alpha value is -4.78. The third kappa shape index (κ3) is 4.59. The summed E-state index contributed by atoms with van der Waals surface area (Å²) < 4.78 is 7.07. The van der Waals surface area contributed by atoms with E-state index in [2.05, 4.69) is 20.9 Å². The van der Waals surface area contributed by atoms with E-state index in [0.717, 1.165) is 22.4 Å². The van der Waals surface area contributed by atoms with Gasteiger partial charge in [-0.05, 0) is 25.1 Å². The second-order valence-corrected chi connectivity index (χ2v) is 8.83. The van der Waals surface area contributed by atoms with E-state index in [9.17, 15) is 14.9 Å². The number of nitrogens with two attached hydrogens (primary N) is 1. The number of hydrogen-bond donors (Lipinski definition) is 2. The van der Waals surface area contributed by atoms with Gasteiger partial charge in [0.2, 0.25) is 0 Å². The molecule has 0 aliphatic carbocycles. The van der Waals surface area contributed by atoms with Crippen molar-refractivity contribution < 1.29 is 14.6 Å². The third-order valence-electron chi connectivity index (χ3n) is 6.48. The van der Waals surface area contributed by atoms with Crippen LogP contribution in [0.15, 0.2) is 46.3 Å². The van der Waals surface area contributed by atoms with Crippen LogP contribution in [0, 0.1) is 18.3 Å². The first-order valence-corrected chi connectivity index (χ1v) is 11.6. The van der Waals surface area contributed by atoms with Gasteiger partial charge in [0.1, 0.15) is 5.75 Å². The number of carboxylic acids is 1. The minimum atomic E-state index is -1.10. The number of nitriles is 1. The van der Waals surface area contributed by atoms with Crippen LogP contribution < -0.4 is 25.8 Å². The summed E-state index contributed by atoms with van der Waals surface area (Å²) in [5.41, 5.74) is 11.0. The number of hydrogen-bond acceptors (Lipinski definition) is 8. The van der Waals surface area contributed by atoms with Crippen molar-refractivity contribution in [2.24, 2.45) is 17.8 Å². The third-order valence-corrected chi connectivity index (χ3v) is 6.48. The average molecular weight is 501 g/mol. The fraction of sp³-hybridized carbons (Fsp3) is 0.259. The number of aliphatic carboxylic acids is 1. The molecule has 2 aromatic carbocycles. The molecule has 0 atom stereocenters. The standard InChI is InChI=1S/C27H28N6O4/c1-16-7-21-22(32(4)27(16)36)9-19(37-15-26(34)35)10-23(21)33-6-5-31(3)24-11-20(18(13-29)14-30-2)17(12-28)8-25(24)33/h7-11,13-14H,5-6,15,29H2,1-4H3,(H,34,35). The summed E-state index contributed by atoms with van der Waals surface area (Å²) in [5.74, 6) is -0.774. The van der Waals surface area contributed by atoms with Gasteiger partial charge in [0.25, 0.3) is 5.56 Å². The number of carbonyl (C=O) groups is 1. The van der Waals surface area contributed by atoms with Crippen molar-refractivity contribution in [1.29, 1.82) is 5.26 Å². The maximum absolute atomic E-state index is 12.7. The molecule has 0 unspecified atom stereocenters. The van der Waals surface area contributed by atoms with Crippen LogP contribution in [0.3, 0.4) is 0 Å². The van der Waals surface area contributed by atoms with Gasteiger partial charge in [-0.2, -0.15) is 5.26 Å². The highest BCUT2D eigenvalue weighted by atomic mass is 16.5. The molecule has 4 rings (SSSR count). The summed E-state index contributed by atoms with van der Waals surface area (Å²) in [7, 11) is 5.29. The van der Waals surface area contributed by atoms with Gasteiger partial charge in [-0.25, -0.2) is 4.79 Å². The van der Waals surface area contributed by atoms with Crippen molar-refractivity contribution in [3.63, 3.8) is 0 Å². The van der Waals surface area contributed by atoms with Crippen LogP contribution in [0.4, 0.5) is 17.1 Å². The van der Waals surface area contributed by atoms with Crippen LogP contribution in [0.5, 0.6) is 5.75 Å². The van der Waals surface area contributed by atoms with E-state index in [4.69, 9.17) is 15.6 Å². The molecule has 0 saturated carbocycles. The van der Waals surface area contributed by atoms with Gasteiger partial charge < -0.3 is 29.9 Å². The number of likely N-dealkylation sites (N-methyl/N-ethyl adjacent to an activating group) is 1. The number of aryl methyl sites for hydroxylation is 2. The summed E-state index contributed by atoms with van der Waals surface area (Å²) in [6.07, 6.45) is 3.04. The van der Waals surface area contributed by atoms with E-state index in [1.807, 2.05) is 25.2 Å². The van der Waals surface area contributed by atoms with Crippen molar-refractivity contribution in [3.8, 4) is 11.8 Å². The molecule has 0 bridgehead atoms. The van der Waals surface area contributed by atoms with Crippen LogP contribution in [-0.4, -0.2) is 55.6 Å². The molecule has 0 spiro atoms. The number of aliphatic imine (C=N–C) groups is 1. The van der Waals surface area contributed by atoms with Gasteiger partial charge in [-0.15, -0.1) is 0 Å². The first-order chi connectivity index (χ1) is 17.7. The highest BCUT2D eigenvalue weighted by Crippen LogP contribution is 2.43. The number of rotatable bonds is 6. The number of nitrogens with zero attached hydrogens (tertiary/aromatic N) is 5. The Labute approximate surface area is 214 Å². The maximum atomic E-state index is 12.7. The summed E-state index contributed by atoms with van der Waals surface area (Å²) in [6.45, 7) is 2.50. The SMILES string of the molecule is CN=CC(=CN)c1cc2c(cc1C#N)N(c1cc(OCC(=O)O)cc3c1cc(C)c(=O)n3C)CCN2C. The molecule has 2 heterocycles. The molecule has 1 aliphatic heterocycles. The lowest BCUT2D eigenvalue weighted by molar-refractivity contribution is -0.139. The fourth-order valence-electron chi connectivity index (χ4n) is 4.64. The van der Waals surface area contributed by atoms with Crippen LogP contribution in [-0.2, 0) is 11.8 Å². The maximum Gasteiger partial charge on any atom is 0.341 e. The lowest BCUT2D eigenvalue weighted by atomic mass is 9.97. The fourth-order valence-corrected chi connectivity index (χ4v) is 4.64. The van der Waals surface area contributed by atoms with E-state index in [1.54, 1.807) is 39.4 Å². The molecule has 10 heteroatoms. The monoisotopic (exact) mass is 500 g/mol. The largest absolute Gasteiger partial charge is 0.482 e. The molecule has 10 nitrogen and oxygen atoms in total. The second kappa shape index (κ2) is 10.1. The molecule has 0 radical (unpaired) electrons. The van der Waals surface area contributed by atoms with Crippen LogP contribution >= 0.6 is 0 Å². The number of aromatic nitrogens is 1. The zero-order valence-electron chi connectivity index (χ0n) is 21.1. The zero-order chi connectivity index (χ0) is 26.9. The van der Waals surface area contributed by atoms with Crippen LogP contribution in [0.2, 0.25) is 0 Å². The van der Waals surface area contributed by atoms with E-state index in [0.29, 0.717) is 46.6 Å². The molecule has 0 amide bonds. The number of benzene rings is 2. The Kier molecular flexibility index (Phi) is 6.89. The van der Waals surface area contributed by atoms with Gasteiger partial charge in [0.15, 0.2) is 6.61 Å². The smallest absolute Gasteiger partial charge is 0.341 e. The molecule has 37 heavy (non-hydrogen) atoms. The first-order valence-electron chi connectivity index (χ1n) is 11.6. The topological polar surface area (TPSA) is 137 Å². The Balaban J connectivity index is 2.00. The zero-order valence-corrected chi connectivity index (χ0v) is 21.1. The predicted octanol–water partition coefficient (Wildman–Crippen LogP) is 2.77. The Morgan fingerprint density at radius 2 is 1.95 bits per heavy atom. The van der Waals surface area contributed by atoms with E-state index >= 15 is 0 Å². The number of pyridine rings is 1. The molecular weight excluding hydrogens is 472 g/mol. The molecule has 1 aromatic heterocycles. The second-order valence-electron chi connectivity index (χ2n) is 8.83. The van der Waals surface area contributed by atoms with E-state index < -0.39 is 12.6 Å². The lowest BCUT2D eigenvalue weighted by Gasteiger charge is -2.38. The first kappa shape index (κ1) is 25.3. The van der Waals surface area contributed by atoms with Crippen LogP contribution in [0.25, 0.3) is 16.5 Å². The van der Waals surface area contributed by atoms with Crippen molar-refractivity contribution in [2.75, 3.05) is 43.6 Å². The molecule has 3 N–H and O–H groups in total. The number of carboxylic acid groups (broad SMARTS) is 1. The molecule has 1 aliphatic rings. The predicted molar refractivity (Wildman–Crippen MR) is 145 cm³/mol. The van der Waals surface area contributed by atoms with Gasteiger partial charge >= 0.3 is 5.97 Å². The number of allylic oxidation sites excluding steroid dienone is 1. The highest BCUT2D eigenvalue weighted by molar-refractivity contribution is 6.11. The molecule has 3 aromatic rings. The van der Waals surface area contributed by atoms with Gasteiger partial charge in [-0.1, -0.05) is 0 Å². The molecule has 0 fully saturated rings. The van der Waals surface area contributed by atoms with Crippen molar-refractivity contribution in [1.82, 2.24) is 4.57 Å². The quantitative estimate of drug-likeness (QED) is 0.493. The Morgan fingerprint density at radius 3 is 2.59 bits per heavy atom. The lowest BCUT2D eigenvalue weighted by Crippen LogP contribution is -2.37. The average Bonchev–Trinajstić information content (AvgIpc) is 2.89. The van der Waals surface area contributed by atoms with Gasteiger partial charge in [-0.3, -0.25) is 9.79 Å². The van der Waals surface area contributed by atoms with Gasteiger partial charge in [0, 0.05) is 80.9 Å². The van der Waals surface area contributed by atoms with Crippen molar-refractivity contribution in [2.45, 2.75) is 6.92 Å². The van der Waals surface area contributed by atoms with Crippen molar-refractivity contribution >= 4 is 45.7 Å². The summed E-state index contributed by atoms with van der Waals surface area (Å²) >= 11 is 0. The number of fused-ring (bicyclic) bond motifs is 2.